The average molecular weight is 193 g/mol. The summed E-state index contributed by atoms with van der Waals surface area (Å²) in [6.07, 6.45) is 0. The third-order valence-electron chi connectivity index (χ3n) is 1.94. The number of hydrogen-bond donors (Lipinski definition) is 3. The van der Waals surface area contributed by atoms with E-state index in [4.69, 9.17) is 11.5 Å². The van der Waals surface area contributed by atoms with Gasteiger partial charge in [0.05, 0.1) is 5.56 Å². The number of amides is 1. The van der Waals surface area contributed by atoms with Gasteiger partial charge in [-0.3, -0.25) is 4.79 Å². The van der Waals surface area contributed by atoms with Crippen LogP contribution < -0.4 is 16.8 Å². The Labute approximate surface area is 83.3 Å². The lowest BCUT2D eigenvalue weighted by atomic mass is 10.1. The van der Waals surface area contributed by atoms with Gasteiger partial charge in [0.25, 0.3) is 5.91 Å². The molecule has 0 heterocycles. The van der Waals surface area contributed by atoms with E-state index in [-0.39, 0.29) is 11.9 Å². The van der Waals surface area contributed by atoms with Crippen LogP contribution in [0.1, 0.15) is 17.3 Å². The van der Waals surface area contributed by atoms with Crippen molar-refractivity contribution in [2.45, 2.75) is 13.0 Å². The molecule has 1 rings (SSSR count). The number of carbonyl (C=O) groups excluding carboxylic acids is 1. The van der Waals surface area contributed by atoms with Crippen molar-refractivity contribution in [2.75, 3.05) is 12.3 Å². The van der Waals surface area contributed by atoms with Crippen LogP contribution in [-0.2, 0) is 0 Å². The lowest BCUT2D eigenvalue weighted by Crippen LogP contribution is -2.38. The predicted octanol–water partition coefficient (Wildman–Crippen LogP) is 0.346. The van der Waals surface area contributed by atoms with Crippen LogP contribution in [0.3, 0.4) is 0 Å². The molecule has 0 saturated heterocycles. The molecule has 0 fully saturated rings. The summed E-state index contributed by atoms with van der Waals surface area (Å²) in [5, 5.41) is 2.74. The van der Waals surface area contributed by atoms with Crippen LogP contribution in [0.5, 0.6) is 0 Å². The van der Waals surface area contributed by atoms with Crippen LogP contribution in [-0.4, -0.2) is 18.5 Å². The normalized spacial score (nSPS) is 12.1. The fraction of sp³-hybridized carbons (Fsp3) is 0.300. The van der Waals surface area contributed by atoms with Gasteiger partial charge >= 0.3 is 0 Å². The Morgan fingerprint density at radius 3 is 2.71 bits per heavy atom. The summed E-state index contributed by atoms with van der Waals surface area (Å²) in [5.41, 5.74) is 12.0. The minimum atomic E-state index is -0.180. The van der Waals surface area contributed by atoms with Crippen molar-refractivity contribution in [1.29, 1.82) is 0 Å². The van der Waals surface area contributed by atoms with Gasteiger partial charge in [-0.15, -0.1) is 0 Å². The molecule has 1 unspecified atom stereocenters. The Morgan fingerprint density at radius 2 is 2.14 bits per heavy atom. The quantitative estimate of drug-likeness (QED) is 0.606. The van der Waals surface area contributed by atoms with Crippen molar-refractivity contribution in [3.8, 4) is 0 Å². The highest BCUT2D eigenvalue weighted by Crippen LogP contribution is 2.09. The molecule has 1 aromatic rings. The van der Waals surface area contributed by atoms with Gasteiger partial charge in [0.2, 0.25) is 0 Å². The van der Waals surface area contributed by atoms with E-state index >= 15 is 0 Å². The maximum atomic E-state index is 11.6. The zero-order valence-electron chi connectivity index (χ0n) is 8.16. The van der Waals surface area contributed by atoms with Crippen molar-refractivity contribution >= 4 is 11.6 Å². The molecule has 0 saturated carbocycles. The number of nitrogens with one attached hydrogen (secondary N) is 1. The SMILES string of the molecule is CC(CN)NC(=O)c1ccccc1N. The molecule has 76 valence electrons. The summed E-state index contributed by atoms with van der Waals surface area (Å²) in [7, 11) is 0. The van der Waals surface area contributed by atoms with Gasteiger partial charge in [-0.25, -0.2) is 0 Å². The average Bonchev–Trinajstić information content (AvgIpc) is 2.18. The maximum absolute atomic E-state index is 11.6. The van der Waals surface area contributed by atoms with Gasteiger partial charge in [-0.1, -0.05) is 12.1 Å². The highest BCUT2D eigenvalue weighted by molar-refractivity contribution is 5.99. The van der Waals surface area contributed by atoms with Crippen LogP contribution in [0.2, 0.25) is 0 Å². The molecule has 4 heteroatoms. The van der Waals surface area contributed by atoms with E-state index in [0.717, 1.165) is 0 Å². The Bertz CT molecular complexity index is 325. The maximum Gasteiger partial charge on any atom is 0.253 e. The summed E-state index contributed by atoms with van der Waals surface area (Å²) in [4.78, 5) is 11.6. The smallest absolute Gasteiger partial charge is 0.253 e. The number of nitrogens with two attached hydrogens (primary N) is 2. The van der Waals surface area contributed by atoms with E-state index in [9.17, 15) is 4.79 Å². The van der Waals surface area contributed by atoms with Gasteiger partial charge in [0.15, 0.2) is 0 Å². The minimum absolute atomic E-state index is 0.0397. The Morgan fingerprint density at radius 1 is 1.50 bits per heavy atom. The minimum Gasteiger partial charge on any atom is -0.398 e. The standard InChI is InChI=1S/C10H15N3O/c1-7(6-11)13-10(14)8-4-2-3-5-9(8)12/h2-5,7H,6,11-12H2,1H3,(H,13,14). The van der Waals surface area contributed by atoms with E-state index in [1.807, 2.05) is 6.92 Å². The first kappa shape index (κ1) is 10.5. The molecule has 5 N–H and O–H groups in total. The largest absolute Gasteiger partial charge is 0.398 e. The second-order valence-electron chi connectivity index (χ2n) is 3.20. The first-order chi connectivity index (χ1) is 6.65. The van der Waals surface area contributed by atoms with E-state index in [0.29, 0.717) is 17.8 Å². The molecule has 4 nitrogen and oxygen atoms in total. The zero-order valence-corrected chi connectivity index (χ0v) is 8.16. The van der Waals surface area contributed by atoms with Crippen LogP contribution >= 0.6 is 0 Å². The fourth-order valence-electron chi connectivity index (χ4n) is 1.06. The van der Waals surface area contributed by atoms with Crippen LogP contribution in [0, 0.1) is 0 Å². The summed E-state index contributed by atoms with van der Waals surface area (Å²) >= 11 is 0. The highest BCUT2D eigenvalue weighted by atomic mass is 16.1. The summed E-state index contributed by atoms with van der Waals surface area (Å²) in [5.74, 6) is -0.180. The van der Waals surface area contributed by atoms with E-state index in [1.165, 1.54) is 0 Å². The monoisotopic (exact) mass is 193 g/mol. The molecule has 0 aliphatic heterocycles. The van der Waals surface area contributed by atoms with E-state index < -0.39 is 0 Å². The Hall–Kier alpha value is -1.55. The van der Waals surface area contributed by atoms with Gasteiger partial charge in [0, 0.05) is 18.3 Å². The van der Waals surface area contributed by atoms with Gasteiger partial charge in [0.1, 0.15) is 0 Å². The first-order valence-electron chi connectivity index (χ1n) is 4.50. The van der Waals surface area contributed by atoms with E-state index in [2.05, 4.69) is 5.32 Å². The van der Waals surface area contributed by atoms with Crippen LogP contribution in [0.4, 0.5) is 5.69 Å². The lowest BCUT2D eigenvalue weighted by Gasteiger charge is -2.12. The van der Waals surface area contributed by atoms with Crippen molar-refractivity contribution < 1.29 is 4.79 Å². The van der Waals surface area contributed by atoms with Gasteiger partial charge < -0.3 is 16.8 Å². The number of anilines is 1. The molecule has 0 aliphatic carbocycles. The topological polar surface area (TPSA) is 81.1 Å². The molecule has 14 heavy (non-hydrogen) atoms. The molecule has 0 bridgehead atoms. The van der Waals surface area contributed by atoms with E-state index in [1.54, 1.807) is 24.3 Å². The predicted molar refractivity (Wildman–Crippen MR) is 56.8 cm³/mol. The third-order valence-corrected chi connectivity index (χ3v) is 1.94. The van der Waals surface area contributed by atoms with Crippen molar-refractivity contribution in [1.82, 2.24) is 5.32 Å². The molecule has 0 radical (unpaired) electrons. The highest BCUT2D eigenvalue weighted by Gasteiger charge is 2.10. The molecule has 1 amide bonds. The molecule has 0 aromatic heterocycles. The van der Waals surface area contributed by atoms with Crippen molar-refractivity contribution in [2.24, 2.45) is 5.73 Å². The molecule has 1 aromatic carbocycles. The molecule has 0 aliphatic rings. The second-order valence-corrected chi connectivity index (χ2v) is 3.20. The second kappa shape index (κ2) is 4.62. The summed E-state index contributed by atoms with van der Waals surface area (Å²) < 4.78 is 0. The Balaban J connectivity index is 2.75. The van der Waals surface area contributed by atoms with Crippen molar-refractivity contribution in [3.63, 3.8) is 0 Å². The Kier molecular flexibility index (Phi) is 3.48. The molecular formula is C10H15N3O. The third kappa shape index (κ3) is 2.47. The van der Waals surface area contributed by atoms with Crippen molar-refractivity contribution in [3.05, 3.63) is 29.8 Å². The summed E-state index contributed by atoms with van der Waals surface area (Å²) in [6, 6.07) is 6.91. The fourth-order valence-corrected chi connectivity index (χ4v) is 1.06. The number of nitrogen functional groups attached to an aromatic ring is 1. The van der Waals surface area contributed by atoms with Gasteiger partial charge in [-0.2, -0.15) is 0 Å². The number of benzene rings is 1. The summed E-state index contributed by atoms with van der Waals surface area (Å²) in [6.45, 7) is 2.26. The lowest BCUT2D eigenvalue weighted by molar-refractivity contribution is 0.0942. The number of para-hydroxylation sites is 1. The molecule has 1 atom stereocenters. The molecule has 0 spiro atoms. The number of hydrogen-bond acceptors (Lipinski definition) is 3. The zero-order chi connectivity index (χ0) is 10.6. The van der Waals surface area contributed by atoms with Crippen LogP contribution in [0.15, 0.2) is 24.3 Å². The first-order valence-corrected chi connectivity index (χ1v) is 4.50. The van der Waals surface area contributed by atoms with Crippen LogP contribution in [0.25, 0.3) is 0 Å². The number of carbonyl (C=O) groups is 1. The van der Waals surface area contributed by atoms with Gasteiger partial charge in [-0.05, 0) is 19.1 Å². The number of rotatable bonds is 3. The molecular weight excluding hydrogens is 178 g/mol.